The molecule has 0 aliphatic heterocycles. The zero-order valence-corrected chi connectivity index (χ0v) is 10.6. The Kier molecular flexibility index (Phi) is 4.96. The predicted octanol–water partition coefficient (Wildman–Crippen LogP) is 2.73. The molecule has 1 aromatic heterocycles. The molecule has 1 heterocycles. The average Bonchev–Trinajstić information content (AvgIpc) is 2.60. The summed E-state index contributed by atoms with van der Waals surface area (Å²) in [5, 5.41) is 4.52. The first-order chi connectivity index (χ1) is 7.57. The molecule has 0 N–H and O–H groups in total. The molecule has 0 radical (unpaired) electrons. The number of ketones is 1. The zero-order valence-electron chi connectivity index (χ0n) is 9.86. The van der Waals surface area contributed by atoms with Gasteiger partial charge in [0.15, 0.2) is 5.78 Å². The molecular formula is C11H17ClN2O2. The van der Waals surface area contributed by atoms with E-state index in [1.54, 1.807) is 11.8 Å². The third-order valence-corrected chi connectivity index (χ3v) is 2.53. The summed E-state index contributed by atoms with van der Waals surface area (Å²) in [4.78, 5) is 11.9. The minimum Gasteiger partial charge on any atom is -0.385 e. The van der Waals surface area contributed by atoms with Gasteiger partial charge in [-0.2, -0.15) is 5.10 Å². The fourth-order valence-corrected chi connectivity index (χ4v) is 1.72. The first-order valence-corrected chi connectivity index (χ1v) is 5.70. The molecule has 0 saturated heterocycles. The molecule has 0 saturated carbocycles. The first-order valence-electron chi connectivity index (χ1n) is 5.33. The molecule has 0 aliphatic carbocycles. The average molecular weight is 245 g/mol. The third kappa shape index (κ3) is 3.06. The quantitative estimate of drug-likeness (QED) is 0.571. The molecule has 4 nitrogen and oxygen atoms in total. The van der Waals surface area contributed by atoms with Crippen molar-refractivity contribution in [3.63, 3.8) is 0 Å². The highest BCUT2D eigenvalue weighted by Gasteiger charge is 2.18. The van der Waals surface area contributed by atoms with Crippen LogP contribution in [0.4, 0.5) is 0 Å². The summed E-state index contributed by atoms with van der Waals surface area (Å²) in [6, 6.07) is 0.133. The van der Waals surface area contributed by atoms with Crippen molar-refractivity contribution in [2.24, 2.45) is 0 Å². The number of Topliss-reactive ketones (excluding diaryl/α,β-unsaturated/α-hetero) is 1. The summed E-state index contributed by atoms with van der Waals surface area (Å²) in [5.74, 6) is 0.0215. The van der Waals surface area contributed by atoms with Gasteiger partial charge < -0.3 is 4.74 Å². The van der Waals surface area contributed by atoms with Crippen LogP contribution < -0.4 is 0 Å². The van der Waals surface area contributed by atoms with E-state index in [0.717, 1.165) is 0 Å². The number of hydrogen-bond acceptors (Lipinski definition) is 3. The van der Waals surface area contributed by atoms with Gasteiger partial charge in [0.2, 0.25) is 0 Å². The van der Waals surface area contributed by atoms with E-state index in [-0.39, 0.29) is 11.8 Å². The highest BCUT2D eigenvalue weighted by atomic mass is 35.5. The highest BCUT2D eigenvalue weighted by molar-refractivity contribution is 6.33. The van der Waals surface area contributed by atoms with Crippen LogP contribution >= 0.6 is 11.6 Å². The maximum atomic E-state index is 11.9. The molecule has 90 valence electrons. The number of nitrogens with zero attached hydrogens (tertiary/aromatic N) is 2. The first kappa shape index (κ1) is 13.2. The van der Waals surface area contributed by atoms with Crippen LogP contribution in [-0.4, -0.2) is 29.3 Å². The van der Waals surface area contributed by atoms with E-state index in [4.69, 9.17) is 16.3 Å². The summed E-state index contributed by atoms with van der Waals surface area (Å²) in [5.41, 5.74) is 0.507. The van der Waals surface area contributed by atoms with Crippen LogP contribution in [0.1, 0.15) is 43.2 Å². The Labute approximate surface area is 101 Å². The van der Waals surface area contributed by atoms with Gasteiger partial charge in [0.05, 0.1) is 11.2 Å². The van der Waals surface area contributed by atoms with Crippen LogP contribution in [0.25, 0.3) is 0 Å². The highest BCUT2D eigenvalue weighted by Crippen LogP contribution is 2.20. The summed E-state index contributed by atoms with van der Waals surface area (Å²) in [6.45, 7) is 4.52. The van der Waals surface area contributed by atoms with Crippen LogP contribution in [0.3, 0.4) is 0 Å². The van der Waals surface area contributed by atoms with E-state index in [2.05, 4.69) is 5.10 Å². The van der Waals surface area contributed by atoms with Gasteiger partial charge in [-0.05, 0) is 20.3 Å². The molecule has 0 unspecified atom stereocenters. The van der Waals surface area contributed by atoms with Crippen LogP contribution in [0.2, 0.25) is 5.02 Å². The number of aromatic nitrogens is 2. The second kappa shape index (κ2) is 6.01. The molecule has 0 amide bonds. The van der Waals surface area contributed by atoms with E-state index in [9.17, 15) is 4.79 Å². The van der Waals surface area contributed by atoms with Gasteiger partial charge in [-0.15, -0.1) is 0 Å². The Balaban J connectivity index is 2.77. The van der Waals surface area contributed by atoms with Crippen molar-refractivity contribution in [2.45, 2.75) is 32.7 Å². The fraction of sp³-hybridized carbons (Fsp3) is 0.636. The summed E-state index contributed by atoms with van der Waals surface area (Å²) >= 11 is 5.96. The van der Waals surface area contributed by atoms with Gasteiger partial charge in [0, 0.05) is 26.2 Å². The second-order valence-electron chi connectivity index (χ2n) is 3.90. The van der Waals surface area contributed by atoms with Crippen molar-refractivity contribution < 1.29 is 9.53 Å². The Bertz CT molecular complexity index is 361. The molecule has 1 rings (SSSR count). The number of methoxy groups -OCH3 is 1. The van der Waals surface area contributed by atoms with E-state index >= 15 is 0 Å². The molecule has 1 aromatic rings. The van der Waals surface area contributed by atoms with Crippen molar-refractivity contribution in [2.75, 3.05) is 13.7 Å². The number of ether oxygens (including phenoxy) is 1. The number of halogens is 1. The van der Waals surface area contributed by atoms with Crippen molar-refractivity contribution in [1.82, 2.24) is 9.78 Å². The van der Waals surface area contributed by atoms with Crippen LogP contribution in [0.5, 0.6) is 0 Å². The molecule has 0 bridgehead atoms. The Morgan fingerprint density at radius 2 is 2.31 bits per heavy atom. The lowest BCUT2D eigenvalue weighted by molar-refractivity contribution is 0.0951. The second-order valence-corrected chi connectivity index (χ2v) is 4.31. The Hall–Kier alpha value is -0.870. The van der Waals surface area contributed by atoms with Crippen molar-refractivity contribution >= 4 is 17.4 Å². The number of rotatable bonds is 6. The van der Waals surface area contributed by atoms with E-state index in [1.165, 1.54) is 6.20 Å². The molecular weight excluding hydrogens is 228 g/mol. The number of hydrogen-bond donors (Lipinski definition) is 0. The van der Waals surface area contributed by atoms with Crippen LogP contribution in [0.15, 0.2) is 6.20 Å². The van der Waals surface area contributed by atoms with E-state index in [1.807, 2.05) is 13.8 Å². The minimum atomic E-state index is 0.0215. The summed E-state index contributed by atoms with van der Waals surface area (Å²) in [6.07, 6.45) is 2.66. The van der Waals surface area contributed by atoms with Crippen LogP contribution in [-0.2, 0) is 4.74 Å². The maximum absolute atomic E-state index is 11.9. The standard InChI is InChI=1S/C11H17ClN2O2/c1-8(2)14-11(9(12)7-13-14)10(15)5-4-6-16-3/h7-8H,4-6H2,1-3H3. The molecule has 0 fully saturated rings. The van der Waals surface area contributed by atoms with Gasteiger partial charge in [0.1, 0.15) is 5.69 Å². The molecule has 0 aliphatic rings. The monoisotopic (exact) mass is 244 g/mol. The maximum Gasteiger partial charge on any atom is 0.182 e. The number of carbonyl (C=O) groups is 1. The largest absolute Gasteiger partial charge is 0.385 e. The van der Waals surface area contributed by atoms with Gasteiger partial charge in [-0.25, -0.2) is 0 Å². The zero-order chi connectivity index (χ0) is 12.1. The SMILES string of the molecule is COCCCC(=O)c1c(Cl)cnn1C(C)C. The lowest BCUT2D eigenvalue weighted by Gasteiger charge is -2.10. The van der Waals surface area contributed by atoms with Crippen molar-refractivity contribution in [3.8, 4) is 0 Å². The van der Waals surface area contributed by atoms with E-state index in [0.29, 0.717) is 30.2 Å². The van der Waals surface area contributed by atoms with Crippen LogP contribution in [0, 0.1) is 0 Å². The smallest absolute Gasteiger partial charge is 0.182 e. The Morgan fingerprint density at radius 1 is 1.62 bits per heavy atom. The van der Waals surface area contributed by atoms with Gasteiger partial charge in [-0.3, -0.25) is 9.48 Å². The molecule has 16 heavy (non-hydrogen) atoms. The van der Waals surface area contributed by atoms with E-state index < -0.39 is 0 Å². The minimum absolute atomic E-state index is 0.0215. The third-order valence-electron chi connectivity index (χ3n) is 2.26. The normalized spacial score (nSPS) is 11.1. The lowest BCUT2D eigenvalue weighted by atomic mass is 10.1. The Morgan fingerprint density at radius 3 is 2.88 bits per heavy atom. The molecule has 0 spiro atoms. The van der Waals surface area contributed by atoms with Crippen molar-refractivity contribution in [3.05, 3.63) is 16.9 Å². The number of carbonyl (C=O) groups excluding carboxylic acids is 1. The molecule has 0 aromatic carbocycles. The van der Waals surface area contributed by atoms with Crippen molar-refractivity contribution in [1.29, 1.82) is 0 Å². The lowest BCUT2D eigenvalue weighted by Crippen LogP contribution is -2.13. The summed E-state index contributed by atoms with van der Waals surface area (Å²) < 4.78 is 6.57. The fourth-order valence-electron chi connectivity index (χ4n) is 1.49. The van der Waals surface area contributed by atoms with Gasteiger partial charge in [0.25, 0.3) is 0 Å². The van der Waals surface area contributed by atoms with Gasteiger partial charge >= 0.3 is 0 Å². The molecule has 0 atom stereocenters. The molecule has 5 heteroatoms. The van der Waals surface area contributed by atoms with Gasteiger partial charge in [-0.1, -0.05) is 11.6 Å². The predicted molar refractivity (Wildman–Crippen MR) is 63.1 cm³/mol. The summed E-state index contributed by atoms with van der Waals surface area (Å²) in [7, 11) is 1.62. The topological polar surface area (TPSA) is 44.1 Å².